The molecule has 1 aliphatic heterocycles. The van der Waals surface area contributed by atoms with Crippen LogP contribution in [0.25, 0.3) is 0 Å². The fourth-order valence-electron chi connectivity index (χ4n) is 3.05. The minimum atomic E-state index is -4.54. The van der Waals surface area contributed by atoms with Crippen LogP contribution >= 0.6 is 0 Å². The standard InChI is InChI=1S/C19H17F3N2O3/c1-11-9-16(25)27-18(17(26)12-5-3-2-4-6-12)24(11)15-8-7-13(10-14(15)23)19(20,21)22/h2-8,10-11,18H,9,23H2,1H3/t11-,18-/m1/s1. The smallest absolute Gasteiger partial charge is 0.416 e. The summed E-state index contributed by atoms with van der Waals surface area (Å²) in [5.41, 5.74) is 5.33. The number of carbonyl (C=O) groups is 2. The van der Waals surface area contributed by atoms with Crippen molar-refractivity contribution >= 4 is 23.1 Å². The van der Waals surface area contributed by atoms with Crippen molar-refractivity contribution in [3.63, 3.8) is 0 Å². The number of nitrogens with two attached hydrogens (primary N) is 1. The Kier molecular flexibility index (Phi) is 4.82. The van der Waals surface area contributed by atoms with Crippen LogP contribution in [0.1, 0.15) is 29.3 Å². The van der Waals surface area contributed by atoms with Crippen molar-refractivity contribution in [1.29, 1.82) is 0 Å². The second kappa shape index (κ2) is 6.94. The number of cyclic esters (lactones) is 1. The average molecular weight is 378 g/mol. The predicted octanol–water partition coefficient (Wildman–Crippen LogP) is 3.64. The van der Waals surface area contributed by atoms with Gasteiger partial charge in [0.05, 0.1) is 23.4 Å². The SMILES string of the molecule is C[C@@H]1CC(=O)O[C@H](C(=O)c2ccccc2)N1c1ccc(C(F)(F)F)cc1N. The van der Waals surface area contributed by atoms with Crippen LogP contribution in [0.4, 0.5) is 24.5 Å². The van der Waals surface area contributed by atoms with E-state index in [1.807, 2.05) is 0 Å². The molecular weight excluding hydrogens is 361 g/mol. The summed E-state index contributed by atoms with van der Waals surface area (Å²) in [7, 11) is 0. The van der Waals surface area contributed by atoms with Gasteiger partial charge in [0.25, 0.3) is 0 Å². The second-order valence-corrected chi connectivity index (χ2v) is 6.30. The van der Waals surface area contributed by atoms with Gasteiger partial charge in [-0.05, 0) is 25.1 Å². The summed E-state index contributed by atoms with van der Waals surface area (Å²) in [6.07, 6.45) is -5.85. The summed E-state index contributed by atoms with van der Waals surface area (Å²) in [4.78, 5) is 26.2. The molecule has 8 heteroatoms. The molecule has 0 unspecified atom stereocenters. The summed E-state index contributed by atoms with van der Waals surface area (Å²) in [5.74, 6) is -1.03. The fraction of sp³-hybridized carbons (Fsp3) is 0.263. The van der Waals surface area contributed by atoms with Gasteiger partial charge in [-0.3, -0.25) is 9.59 Å². The monoisotopic (exact) mass is 378 g/mol. The van der Waals surface area contributed by atoms with Crippen LogP contribution in [-0.4, -0.2) is 24.0 Å². The Morgan fingerprint density at radius 2 is 1.85 bits per heavy atom. The Morgan fingerprint density at radius 3 is 2.44 bits per heavy atom. The molecule has 2 atom stereocenters. The van der Waals surface area contributed by atoms with Gasteiger partial charge in [0.1, 0.15) is 0 Å². The van der Waals surface area contributed by atoms with Crippen molar-refractivity contribution in [1.82, 2.24) is 0 Å². The van der Waals surface area contributed by atoms with Gasteiger partial charge < -0.3 is 15.4 Å². The number of halogens is 3. The van der Waals surface area contributed by atoms with Crippen molar-refractivity contribution < 1.29 is 27.5 Å². The number of alkyl halides is 3. The largest absolute Gasteiger partial charge is 0.433 e. The lowest BCUT2D eigenvalue weighted by molar-refractivity contribution is -0.151. The highest BCUT2D eigenvalue weighted by molar-refractivity contribution is 6.03. The topological polar surface area (TPSA) is 72.6 Å². The highest BCUT2D eigenvalue weighted by atomic mass is 19.4. The molecule has 5 nitrogen and oxygen atoms in total. The van der Waals surface area contributed by atoms with E-state index in [0.717, 1.165) is 12.1 Å². The lowest BCUT2D eigenvalue weighted by Gasteiger charge is -2.40. The molecule has 1 aliphatic rings. The van der Waals surface area contributed by atoms with Crippen LogP contribution in [-0.2, 0) is 15.7 Å². The van der Waals surface area contributed by atoms with Gasteiger partial charge >= 0.3 is 12.1 Å². The van der Waals surface area contributed by atoms with Crippen molar-refractivity contribution in [3.8, 4) is 0 Å². The highest BCUT2D eigenvalue weighted by Crippen LogP contribution is 2.37. The van der Waals surface area contributed by atoms with Crippen LogP contribution in [0.2, 0.25) is 0 Å². The molecule has 1 saturated heterocycles. The molecule has 0 spiro atoms. The lowest BCUT2D eigenvalue weighted by atomic mass is 10.0. The Bertz CT molecular complexity index is 868. The molecule has 0 aromatic heterocycles. The van der Waals surface area contributed by atoms with Gasteiger partial charge in [-0.2, -0.15) is 13.2 Å². The summed E-state index contributed by atoms with van der Waals surface area (Å²) in [6.45, 7) is 1.68. The molecule has 2 aromatic carbocycles. The molecule has 1 fully saturated rings. The van der Waals surface area contributed by atoms with Crippen LogP contribution in [0, 0.1) is 0 Å². The molecule has 0 amide bonds. The maximum atomic E-state index is 12.9. The van der Waals surface area contributed by atoms with Gasteiger partial charge in [0, 0.05) is 11.6 Å². The molecule has 1 heterocycles. The van der Waals surface area contributed by atoms with Crippen molar-refractivity contribution in [2.75, 3.05) is 10.6 Å². The van der Waals surface area contributed by atoms with Gasteiger partial charge in [-0.25, -0.2) is 0 Å². The minimum absolute atomic E-state index is 0.0148. The number of Topliss-reactive ketones (excluding diaryl/α,β-unsaturated/α-hetero) is 1. The van der Waals surface area contributed by atoms with Crippen LogP contribution in [0.3, 0.4) is 0 Å². The van der Waals surface area contributed by atoms with Crippen molar-refractivity contribution in [3.05, 3.63) is 59.7 Å². The first-order valence-electron chi connectivity index (χ1n) is 8.22. The number of benzene rings is 2. The number of ketones is 1. The zero-order valence-electron chi connectivity index (χ0n) is 14.4. The van der Waals surface area contributed by atoms with E-state index in [9.17, 15) is 22.8 Å². The molecule has 0 radical (unpaired) electrons. The first kappa shape index (κ1) is 18.8. The third-order valence-corrected chi connectivity index (χ3v) is 4.35. The normalized spacial score (nSPS) is 20.3. The van der Waals surface area contributed by atoms with E-state index < -0.39 is 35.8 Å². The Labute approximate surface area is 153 Å². The Balaban J connectivity index is 2.02. The molecule has 0 bridgehead atoms. The van der Waals surface area contributed by atoms with Gasteiger partial charge in [-0.15, -0.1) is 0 Å². The molecule has 27 heavy (non-hydrogen) atoms. The molecule has 2 N–H and O–H groups in total. The summed E-state index contributed by atoms with van der Waals surface area (Å²) >= 11 is 0. The lowest BCUT2D eigenvalue weighted by Crippen LogP contribution is -2.54. The maximum absolute atomic E-state index is 12.9. The number of nitrogens with zero attached hydrogens (tertiary/aromatic N) is 1. The number of ether oxygens (including phenoxy) is 1. The summed E-state index contributed by atoms with van der Waals surface area (Å²) in [6, 6.07) is 10.6. The minimum Gasteiger partial charge on any atom is -0.433 e. The Hall–Kier alpha value is -3.03. The third kappa shape index (κ3) is 3.74. The van der Waals surface area contributed by atoms with Crippen molar-refractivity contribution in [2.24, 2.45) is 0 Å². The van der Waals surface area contributed by atoms with E-state index in [2.05, 4.69) is 0 Å². The fourth-order valence-corrected chi connectivity index (χ4v) is 3.05. The molecule has 2 aromatic rings. The van der Waals surface area contributed by atoms with Gasteiger partial charge in [0.15, 0.2) is 0 Å². The van der Waals surface area contributed by atoms with Gasteiger partial charge in [-0.1, -0.05) is 30.3 Å². The number of hydrogen-bond acceptors (Lipinski definition) is 5. The van der Waals surface area contributed by atoms with Crippen LogP contribution < -0.4 is 10.6 Å². The van der Waals surface area contributed by atoms with Crippen LogP contribution in [0.15, 0.2) is 48.5 Å². The van der Waals surface area contributed by atoms with Crippen molar-refractivity contribution in [2.45, 2.75) is 31.8 Å². The first-order chi connectivity index (χ1) is 12.7. The molecule has 3 rings (SSSR count). The highest BCUT2D eigenvalue weighted by Gasteiger charge is 2.40. The number of esters is 1. The van der Waals surface area contributed by atoms with E-state index in [0.29, 0.717) is 5.56 Å². The third-order valence-electron chi connectivity index (χ3n) is 4.35. The molecule has 0 aliphatic carbocycles. The second-order valence-electron chi connectivity index (χ2n) is 6.30. The van der Waals surface area contributed by atoms with E-state index in [1.54, 1.807) is 37.3 Å². The molecule has 142 valence electrons. The maximum Gasteiger partial charge on any atom is 0.416 e. The van der Waals surface area contributed by atoms with Gasteiger partial charge in [0.2, 0.25) is 12.0 Å². The van der Waals surface area contributed by atoms with E-state index in [-0.39, 0.29) is 17.8 Å². The number of nitrogen functional groups attached to an aromatic ring is 1. The van der Waals surface area contributed by atoms with Crippen LogP contribution in [0.5, 0.6) is 0 Å². The molecule has 0 saturated carbocycles. The number of rotatable bonds is 3. The Morgan fingerprint density at radius 1 is 1.19 bits per heavy atom. The zero-order chi connectivity index (χ0) is 19.8. The van der Waals surface area contributed by atoms with E-state index >= 15 is 0 Å². The number of carbonyl (C=O) groups excluding carboxylic acids is 2. The van der Waals surface area contributed by atoms with E-state index in [1.165, 1.54) is 11.0 Å². The average Bonchev–Trinajstić information content (AvgIpc) is 2.61. The number of anilines is 2. The summed E-state index contributed by atoms with van der Waals surface area (Å²) < 4.78 is 44.0. The molecular formula is C19H17F3N2O3. The summed E-state index contributed by atoms with van der Waals surface area (Å²) in [5, 5.41) is 0. The first-order valence-corrected chi connectivity index (χ1v) is 8.22. The quantitative estimate of drug-likeness (QED) is 0.502. The number of hydrogen-bond donors (Lipinski definition) is 1. The zero-order valence-corrected chi connectivity index (χ0v) is 14.4. The van der Waals surface area contributed by atoms with E-state index in [4.69, 9.17) is 10.5 Å². The predicted molar refractivity (Wildman–Crippen MR) is 93.1 cm³/mol.